The quantitative estimate of drug-likeness (QED) is 0.434. The topological polar surface area (TPSA) is 136 Å². The van der Waals surface area contributed by atoms with Crippen LogP contribution in [0.25, 0.3) is 16.7 Å². The summed E-state index contributed by atoms with van der Waals surface area (Å²) in [5, 5.41) is 8.55. The highest BCUT2D eigenvalue weighted by Crippen LogP contribution is 2.32. The number of rotatable bonds is 5. The normalized spacial score (nSPS) is 16.4. The molecule has 0 spiro atoms. The molecule has 2 aromatic heterocycles. The zero-order chi connectivity index (χ0) is 24.6. The number of carbonyl (C=O) groups is 1. The number of carbonyl (C=O) groups excluding carboxylic acids is 1. The van der Waals surface area contributed by atoms with Gasteiger partial charge in [-0.2, -0.15) is 0 Å². The summed E-state index contributed by atoms with van der Waals surface area (Å²) < 4.78 is 25.3. The summed E-state index contributed by atoms with van der Waals surface area (Å²) in [4.78, 5) is 23.6. The van der Waals surface area contributed by atoms with Crippen molar-refractivity contribution in [1.29, 1.82) is 0 Å². The number of benzene rings is 2. The van der Waals surface area contributed by atoms with Crippen molar-refractivity contribution in [1.82, 2.24) is 25.1 Å². The van der Waals surface area contributed by atoms with Crippen LogP contribution in [-0.4, -0.2) is 59.5 Å². The number of nitrogens with one attached hydrogen (secondary N) is 1. The molecule has 1 aliphatic heterocycles. The molecule has 0 bridgehead atoms. The van der Waals surface area contributed by atoms with Crippen LogP contribution >= 0.6 is 0 Å². The van der Waals surface area contributed by atoms with E-state index in [0.717, 1.165) is 19.4 Å². The fourth-order valence-electron chi connectivity index (χ4n) is 4.34. The molecule has 1 amide bonds. The standard InChI is InChI=1S/C24H25N7O3S/c1-35(33,34)19-11-9-18(10-12-19)31-22-20(21(25)26-15-27-22)23(29-31)30-13-5-8-17(14-30)28-24(32)16-6-3-2-4-7-16/h2-4,6-7,9-12,15,17H,5,8,13-14H2,1H3,(H,28,32)(H2,25,26,27)/t17-/m1/s1. The van der Waals surface area contributed by atoms with E-state index >= 15 is 0 Å². The number of anilines is 2. The Labute approximate surface area is 202 Å². The van der Waals surface area contributed by atoms with Gasteiger partial charge < -0.3 is 16.0 Å². The van der Waals surface area contributed by atoms with Crippen molar-refractivity contribution in [3.63, 3.8) is 0 Å². The number of hydrogen-bond acceptors (Lipinski definition) is 8. The largest absolute Gasteiger partial charge is 0.383 e. The molecule has 1 atom stereocenters. The lowest BCUT2D eigenvalue weighted by atomic mass is 10.0. The third-order valence-electron chi connectivity index (χ3n) is 6.08. The van der Waals surface area contributed by atoms with Gasteiger partial charge in [-0.05, 0) is 49.2 Å². The number of nitrogen functional groups attached to an aromatic ring is 1. The number of hydrogen-bond donors (Lipinski definition) is 2. The highest BCUT2D eigenvalue weighted by atomic mass is 32.2. The fraction of sp³-hybridized carbons (Fsp3) is 0.250. The third-order valence-corrected chi connectivity index (χ3v) is 7.21. The maximum absolute atomic E-state index is 12.7. The summed E-state index contributed by atoms with van der Waals surface area (Å²) >= 11 is 0. The van der Waals surface area contributed by atoms with Gasteiger partial charge in [0.25, 0.3) is 5.91 Å². The van der Waals surface area contributed by atoms with Gasteiger partial charge in [0, 0.05) is 31.0 Å². The van der Waals surface area contributed by atoms with Crippen LogP contribution in [0, 0.1) is 0 Å². The molecule has 3 N–H and O–H groups in total. The van der Waals surface area contributed by atoms with Crippen LogP contribution < -0.4 is 16.0 Å². The van der Waals surface area contributed by atoms with Crippen molar-refractivity contribution >= 4 is 38.4 Å². The van der Waals surface area contributed by atoms with Crippen molar-refractivity contribution in [2.45, 2.75) is 23.8 Å². The Morgan fingerprint density at radius 3 is 2.54 bits per heavy atom. The lowest BCUT2D eigenvalue weighted by molar-refractivity contribution is 0.0933. The minimum atomic E-state index is -3.32. The van der Waals surface area contributed by atoms with E-state index in [4.69, 9.17) is 10.8 Å². The Morgan fingerprint density at radius 1 is 1.09 bits per heavy atom. The molecule has 10 nitrogen and oxygen atoms in total. The number of fused-ring (bicyclic) bond motifs is 1. The Morgan fingerprint density at radius 2 is 1.83 bits per heavy atom. The van der Waals surface area contributed by atoms with Crippen LogP contribution in [0.4, 0.5) is 11.6 Å². The van der Waals surface area contributed by atoms with E-state index in [2.05, 4.69) is 20.2 Å². The first-order valence-corrected chi connectivity index (χ1v) is 13.1. The molecule has 3 heterocycles. The highest BCUT2D eigenvalue weighted by Gasteiger charge is 2.27. The molecule has 1 aliphatic rings. The monoisotopic (exact) mass is 491 g/mol. The second kappa shape index (κ2) is 8.99. The van der Waals surface area contributed by atoms with Gasteiger partial charge in [0.05, 0.1) is 10.6 Å². The van der Waals surface area contributed by atoms with Crippen LogP contribution in [0.15, 0.2) is 65.8 Å². The van der Waals surface area contributed by atoms with Crippen LogP contribution in [-0.2, 0) is 9.84 Å². The molecular weight excluding hydrogens is 466 g/mol. The number of piperidine rings is 1. The average molecular weight is 492 g/mol. The molecule has 0 aliphatic carbocycles. The third kappa shape index (κ3) is 4.54. The number of nitrogens with zero attached hydrogens (tertiary/aromatic N) is 5. The van der Waals surface area contributed by atoms with Gasteiger partial charge in [0.15, 0.2) is 21.3 Å². The van der Waals surface area contributed by atoms with E-state index in [1.54, 1.807) is 41.1 Å². The molecule has 180 valence electrons. The highest BCUT2D eigenvalue weighted by molar-refractivity contribution is 7.90. The van der Waals surface area contributed by atoms with Crippen molar-refractivity contribution in [3.8, 4) is 5.69 Å². The molecular formula is C24H25N7O3S. The predicted octanol–water partition coefficient (Wildman–Crippen LogP) is 2.20. The summed E-state index contributed by atoms with van der Waals surface area (Å²) in [6, 6.07) is 15.5. The van der Waals surface area contributed by atoms with E-state index in [9.17, 15) is 13.2 Å². The summed E-state index contributed by atoms with van der Waals surface area (Å²) in [6.45, 7) is 1.30. The molecule has 35 heavy (non-hydrogen) atoms. The number of aromatic nitrogens is 4. The zero-order valence-electron chi connectivity index (χ0n) is 19.1. The smallest absolute Gasteiger partial charge is 0.251 e. The molecule has 5 rings (SSSR count). The molecule has 0 saturated carbocycles. The lowest BCUT2D eigenvalue weighted by Gasteiger charge is -2.33. The van der Waals surface area contributed by atoms with Crippen LogP contribution in [0.2, 0.25) is 0 Å². The number of nitrogens with two attached hydrogens (primary N) is 1. The van der Waals surface area contributed by atoms with E-state index in [0.29, 0.717) is 40.5 Å². The van der Waals surface area contributed by atoms with Crippen LogP contribution in [0.5, 0.6) is 0 Å². The molecule has 4 aromatic rings. The maximum atomic E-state index is 12.7. The van der Waals surface area contributed by atoms with Gasteiger partial charge in [-0.15, -0.1) is 5.10 Å². The SMILES string of the molecule is CS(=O)(=O)c1ccc(-n2nc(N3CCC[C@@H](NC(=O)c4ccccc4)C3)c3c(N)ncnc32)cc1. The van der Waals surface area contributed by atoms with E-state index in [1.165, 1.54) is 12.6 Å². The maximum Gasteiger partial charge on any atom is 0.251 e. The van der Waals surface area contributed by atoms with Crippen LogP contribution in [0.1, 0.15) is 23.2 Å². The number of amides is 1. The van der Waals surface area contributed by atoms with Crippen molar-refractivity contribution < 1.29 is 13.2 Å². The molecule has 1 saturated heterocycles. The first-order chi connectivity index (χ1) is 16.8. The van der Waals surface area contributed by atoms with Crippen molar-refractivity contribution in [2.75, 3.05) is 30.0 Å². The minimum absolute atomic E-state index is 0.0587. The Balaban J connectivity index is 1.47. The van der Waals surface area contributed by atoms with Gasteiger partial charge in [0.2, 0.25) is 0 Å². The van der Waals surface area contributed by atoms with Crippen molar-refractivity contribution in [3.05, 3.63) is 66.5 Å². The van der Waals surface area contributed by atoms with Gasteiger partial charge >= 0.3 is 0 Å². The second-order valence-corrected chi connectivity index (χ2v) is 10.6. The molecule has 11 heteroatoms. The first-order valence-electron chi connectivity index (χ1n) is 11.2. The van der Waals surface area contributed by atoms with Gasteiger partial charge in [-0.3, -0.25) is 4.79 Å². The predicted molar refractivity (Wildman–Crippen MR) is 133 cm³/mol. The first kappa shape index (κ1) is 22.8. The van der Waals surface area contributed by atoms with Gasteiger partial charge in [0.1, 0.15) is 17.5 Å². The second-order valence-electron chi connectivity index (χ2n) is 8.58. The molecule has 0 radical (unpaired) electrons. The summed E-state index contributed by atoms with van der Waals surface area (Å²) in [7, 11) is -3.32. The number of sulfone groups is 1. The molecule has 0 unspecified atom stereocenters. The van der Waals surface area contributed by atoms with Crippen molar-refractivity contribution in [2.24, 2.45) is 0 Å². The minimum Gasteiger partial charge on any atom is -0.383 e. The Hall–Kier alpha value is -3.99. The Kier molecular flexibility index (Phi) is 5.85. The Bertz CT molecular complexity index is 1490. The summed E-state index contributed by atoms with van der Waals surface area (Å²) in [5.41, 5.74) is 8.04. The van der Waals surface area contributed by atoms with Gasteiger partial charge in [-0.25, -0.2) is 23.1 Å². The van der Waals surface area contributed by atoms with Gasteiger partial charge in [-0.1, -0.05) is 18.2 Å². The van der Waals surface area contributed by atoms with E-state index in [1.807, 2.05) is 18.2 Å². The summed E-state index contributed by atoms with van der Waals surface area (Å²) in [6.07, 6.45) is 4.27. The zero-order valence-corrected chi connectivity index (χ0v) is 19.9. The van der Waals surface area contributed by atoms with E-state index < -0.39 is 9.84 Å². The molecule has 2 aromatic carbocycles. The molecule has 1 fully saturated rings. The summed E-state index contributed by atoms with van der Waals surface area (Å²) in [5.74, 6) is 0.824. The average Bonchev–Trinajstić information content (AvgIpc) is 3.25. The van der Waals surface area contributed by atoms with Crippen LogP contribution in [0.3, 0.4) is 0 Å². The fourth-order valence-corrected chi connectivity index (χ4v) is 4.97. The van der Waals surface area contributed by atoms with E-state index in [-0.39, 0.29) is 16.8 Å². The lowest BCUT2D eigenvalue weighted by Crippen LogP contribution is -2.48.